The molecule has 5 heteroatoms. The number of aromatic amines is 1. The molecule has 15 heavy (non-hydrogen) atoms. The van der Waals surface area contributed by atoms with E-state index in [4.69, 9.17) is 0 Å². The van der Waals surface area contributed by atoms with Crippen LogP contribution in [0.2, 0.25) is 0 Å². The lowest BCUT2D eigenvalue weighted by Crippen LogP contribution is -2.34. The number of hydrogen-bond acceptors (Lipinski definition) is 2. The zero-order valence-electron chi connectivity index (χ0n) is 7.91. The molecule has 0 fully saturated rings. The Morgan fingerprint density at radius 3 is 3.07 bits per heavy atom. The van der Waals surface area contributed by atoms with Crippen molar-refractivity contribution in [2.45, 2.75) is 6.54 Å². The van der Waals surface area contributed by atoms with E-state index in [2.05, 4.69) is 10.3 Å². The Morgan fingerprint density at radius 1 is 1.33 bits per heavy atom. The van der Waals surface area contributed by atoms with Crippen molar-refractivity contribution >= 4 is 16.8 Å². The van der Waals surface area contributed by atoms with E-state index in [9.17, 15) is 9.59 Å². The third kappa shape index (κ3) is 1.03. The third-order valence-electron chi connectivity index (χ3n) is 2.69. The second-order valence-electron chi connectivity index (χ2n) is 3.54. The number of nitrogens with zero attached hydrogens (tertiary/aromatic N) is 1. The van der Waals surface area contributed by atoms with Crippen LogP contribution in [0.4, 0.5) is 0 Å². The van der Waals surface area contributed by atoms with E-state index < -0.39 is 0 Å². The molecule has 2 N–H and O–H groups in total. The van der Waals surface area contributed by atoms with Crippen molar-refractivity contribution in [3.8, 4) is 0 Å². The summed E-state index contributed by atoms with van der Waals surface area (Å²) >= 11 is 0. The average Bonchev–Trinajstić information content (AvgIpc) is 2.60. The van der Waals surface area contributed by atoms with Gasteiger partial charge in [0, 0.05) is 19.3 Å². The van der Waals surface area contributed by atoms with E-state index in [0.29, 0.717) is 24.2 Å². The van der Waals surface area contributed by atoms with Crippen molar-refractivity contribution in [2.24, 2.45) is 0 Å². The maximum atomic E-state index is 11.5. The number of carbonyl (C=O) groups is 1. The molecule has 0 aliphatic carbocycles. The van der Waals surface area contributed by atoms with Gasteiger partial charge in [0.1, 0.15) is 5.69 Å². The number of fused-ring (bicyclic) bond motifs is 3. The molecule has 5 nitrogen and oxygen atoms in total. The van der Waals surface area contributed by atoms with Gasteiger partial charge in [-0.1, -0.05) is 0 Å². The summed E-state index contributed by atoms with van der Waals surface area (Å²) < 4.78 is 1.88. The van der Waals surface area contributed by atoms with Crippen LogP contribution in [0, 0.1) is 0 Å². The molecule has 0 aromatic carbocycles. The minimum absolute atomic E-state index is 0.114. The standard InChI is InChI=1S/C10H9N3O2/c14-9-6-5-8-10(15)12-3-4-13(8)7(6)1-2-11-9/h1-2,5H,3-4H2,(H,11,14)(H,12,15). The summed E-state index contributed by atoms with van der Waals surface area (Å²) in [5.41, 5.74) is 1.23. The van der Waals surface area contributed by atoms with E-state index in [1.165, 1.54) is 0 Å². The maximum Gasteiger partial charge on any atom is 0.268 e. The monoisotopic (exact) mass is 203 g/mol. The van der Waals surface area contributed by atoms with Gasteiger partial charge in [-0.05, 0) is 12.1 Å². The Labute approximate surface area is 84.7 Å². The van der Waals surface area contributed by atoms with Crippen molar-refractivity contribution in [3.63, 3.8) is 0 Å². The summed E-state index contributed by atoms with van der Waals surface area (Å²) in [5, 5.41) is 3.32. The highest BCUT2D eigenvalue weighted by molar-refractivity contribution is 5.99. The van der Waals surface area contributed by atoms with E-state index >= 15 is 0 Å². The van der Waals surface area contributed by atoms with Crippen molar-refractivity contribution in [1.82, 2.24) is 14.9 Å². The first-order valence-corrected chi connectivity index (χ1v) is 4.76. The van der Waals surface area contributed by atoms with Crippen LogP contribution in [0.3, 0.4) is 0 Å². The van der Waals surface area contributed by atoms with Crippen molar-refractivity contribution in [2.75, 3.05) is 6.54 Å². The first-order valence-electron chi connectivity index (χ1n) is 4.76. The highest BCUT2D eigenvalue weighted by Gasteiger charge is 2.19. The van der Waals surface area contributed by atoms with Gasteiger partial charge in [0.25, 0.3) is 11.5 Å². The van der Waals surface area contributed by atoms with Crippen LogP contribution in [0.1, 0.15) is 10.5 Å². The molecule has 0 atom stereocenters. The molecule has 2 aromatic rings. The smallest absolute Gasteiger partial charge is 0.268 e. The molecule has 2 aromatic heterocycles. The molecule has 1 amide bonds. The molecule has 3 rings (SSSR count). The SMILES string of the molecule is O=C1NCCn2c1cc1c(=O)[nH]ccc12. The normalized spacial score (nSPS) is 15.1. The van der Waals surface area contributed by atoms with Gasteiger partial charge in [-0.15, -0.1) is 0 Å². The zero-order chi connectivity index (χ0) is 10.4. The van der Waals surface area contributed by atoms with E-state index in [1.807, 2.05) is 10.6 Å². The Kier molecular flexibility index (Phi) is 1.50. The van der Waals surface area contributed by atoms with E-state index in [-0.39, 0.29) is 11.5 Å². The van der Waals surface area contributed by atoms with Crippen LogP contribution in [-0.2, 0) is 6.54 Å². The third-order valence-corrected chi connectivity index (χ3v) is 2.69. The fourth-order valence-electron chi connectivity index (χ4n) is 2.00. The summed E-state index contributed by atoms with van der Waals surface area (Å²) in [7, 11) is 0. The fraction of sp³-hybridized carbons (Fsp3) is 0.200. The molecule has 0 saturated carbocycles. The topological polar surface area (TPSA) is 66.9 Å². The molecule has 3 heterocycles. The molecule has 0 unspecified atom stereocenters. The molecule has 0 bridgehead atoms. The lowest BCUT2D eigenvalue weighted by Gasteiger charge is -2.16. The van der Waals surface area contributed by atoms with Gasteiger partial charge in [-0.25, -0.2) is 0 Å². The predicted octanol–water partition coefficient (Wildman–Crippen LogP) is 0.0730. The van der Waals surface area contributed by atoms with Crippen LogP contribution in [0.15, 0.2) is 23.1 Å². The summed E-state index contributed by atoms with van der Waals surface area (Å²) in [6.07, 6.45) is 1.60. The fourth-order valence-corrected chi connectivity index (χ4v) is 2.00. The number of aromatic nitrogens is 2. The van der Waals surface area contributed by atoms with Crippen molar-refractivity contribution in [1.29, 1.82) is 0 Å². The van der Waals surface area contributed by atoms with E-state index in [0.717, 1.165) is 5.52 Å². The Balaban J connectivity index is 2.45. The minimum Gasteiger partial charge on any atom is -0.349 e. The van der Waals surface area contributed by atoms with Crippen LogP contribution >= 0.6 is 0 Å². The minimum atomic E-state index is -0.151. The molecule has 0 spiro atoms. The molecule has 0 radical (unpaired) electrons. The first-order chi connectivity index (χ1) is 7.27. The highest BCUT2D eigenvalue weighted by atomic mass is 16.2. The predicted molar refractivity (Wildman–Crippen MR) is 54.9 cm³/mol. The van der Waals surface area contributed by atoms with Gasteiger partial charge in [0.2, 0.25) is 0 Å². The van der Waals surface area contributed by atoms with Crippen LogP contribution in [0.25, 0.3) is 10.9 Å². The number of nitrogens with one attached hydrogen (secondary N) is 2. The van der Waals surface area contributed by atoms with Crippen molar-refractivity contribution in [3.05, 3.63) is 34.4 Å². The molecule has 76 valence electrons. The van der Waals surface area contributed by atoms with Crippen LogP contribution in [0.5, 0.6) is 0 Å². The summed E-state index contributed by atoms with van der Waals surface area (Å²) in [4.78, 5) is 25.6. The second kappa shape index (κ2) is 2.73. The van der Waals surface area contributed by atoms with E-state index in [1.54, 1.807) is 12.3 Å². The van der Waals surface area contributed by atoms with Crippen LogP contribution in [-0.4, -0.2) is 22.0 Å². The maximum absolute atomic E-state index is 11.5. The van der Waals surface area contributed by atoms with Gasteiger partial charge < -0.3 is 14.9 Å². The summed E-state index contributed by atoms with van der Waals surface area (Å²) in [5.74, 6) is -0.114. The van der Waals surface area contributed by atoms with Crippen LogP contribution < -0.4 is 10.9 Å². The highest BCUT2D eigenvalue weighted by Crippen LogP contribution is 2.17. The number of carbonyl (C=O) groups excluding carboxylic acids is 1. The van der Waals surface area contributed by atoms with Crippen molar-refractivity contribution < 1.29 is 4.79 Å². The first kappa shape index (κ1) is 8.28. The molecular weight excluding hydrogens is 194 g/mol. The Hall–Kier alpha value is -2.04. The van der Waals surface area contributed by atoms with Gasteiger partial charge in [-0.2, -0.15) is 0 Å². The summed E-state index contributed by atoms with van der Waals surface area (Å²) in [6, 6.07) is 3.46. The summed E-state index contributed by atoms with van der Waals surface area (Å²) in [6.45, 7) is 1.33. The zero-order valence-corrected chi connectivity index (χ0v) is 7.91. The van der Waals surface area contributed by atoms with Gasteiger partial charge in [0.15, 0.2) is 0 Å². The number of hydrogen-bond donors (Lipinski definition) is 2. The van der Waals surface area contributed by atoms with Gasteiger partial charge >= 0.3 is 0 Å². The molecule has 1 aliphatic rings. The number of rotatable bonds is 0. The lowest BCUT2D eigenvalue weighted by molar-refractivity contribution is 0.0929. The molecular formula is C10H9N3O2. The number of amides is 1. The lowest BCUT2D eigenvalue weighted by atomic mass is 10.3. The second-order valence-corrected chi connectivity index (χ2v) is 3.54. The van der Waals surface area contributed by atoms with Gasteiger partial charge in [0.05, 0.1) is 10.9 Å². The Morgan fingerprint density at radius 2 is 2.20 bits per heavy atom. The quantitative estimate of drug-likeness (QED) is 0.636. The largest absolute Gasteiger partial charge is 0.349 e. The van der Waals surface area contributed by atoms with Gasteiger partial charge in [-0.3, -0.25) is 9.59 Å². The molecule has 0 saturated heterocycles. The molecule has 1 aliphatic heterocycles. The Bertz CT molecular complexity index is 609. The number of H-pyrrole nitrogens is 1. The number of pyridine rings is 1. The average molecular weight is 203 g/mol.